The molecule has 325 valence electrons. The summed E-state index contributed by atoms with van der Waals surface area (Å²) < 4.78 is 0. The molecule has 9 aromatic rings. The first-order valence-electron chi connectivity index (χ1n) is 21.5. The van der Waals surface area contributed by atoms with E-state index in [9.17, 15) is 10.2 Å². The molecule has 64 heavy (non-hydrogen) atoms. The van der Waals surface area contributed by atoms with Crippen molar-refractivity contribution in [1.82, 2.24) is 19.9 Å². The zero-order valence-electron chi connectivity index (χ0n) is 37.3. The van der Waals surface area contributed by atoms with Gasteiger partial charge in [0.2, 0.25) is 0 Å². The van der Waals surface area contributed by atoms with Gasteiger partial charge in [0.15, 0.2) is 0 Å². The summed E-state index contributed by atoms with van der Waals surface area (Å²) in [6.07, 6.45) is 5.15. The van der Waals surface area contributed by atoms with Crippen LogP contribution in [0.3, 0.4) is 0 Å². The maximum absolute atomic E-state index is 9.76. The van der Waals surface area contributed by atoms with E-state index in [4.69, 9.17) is 9.97 Å². The van der Waals surface area contributed by atoms with Gasteiger partial charge in [-0.25, -0.2) is 0 Å². The number of pyridine rings is 2. The fraction of sp³-hybridized carbons (Fsp3) is 0.193. The van der Waals surface area contributed by atoms with E-state index in [1.165, 1.54) is 22.3 Å². The van der Waals surface area contributed by atoms with Crippen LogP contribution >= 0.6 is 0 Å². The Balaban J connectivity index is 0.000000168. The fourth-order valence-electron chi connectivity index (χ4n) is 7.16. The van der Waals surface area contributed by atoms with E-state index in [-0.39, 0.29) is 30.9 Å². The summed E-state index contributed by atoms with van der Waals surface area (Å²) in [5.41, 5.74) is 12.0. The summed E-state index contributed by atoms with van der Waals surface area (Å²) in [5, 5.41) is 21.8. The standard InChI is InChI=1S/C24H16N2.C22H15N2.C11H24O2.Ir/c1-3-7-17(8-4-1)19-13-15-25-23-21(19)11-12-22-20(14-16-26-24(22)23)18-9-5-2-6-10-18;1-4-10-17(11-5-1)20-16-23-21(18-12-6-2-7-13-18)22(24-20)19-14-8-3-9-15-19;1-10(2,3)8(12)7-9(13)11(4,5)6;/h1-16H;1-12,14-16H;8-9,12-13H,7H2,1-6H3;/q;-1;;. The number of hydrogen-bond acceptors (Lipinski definition) is 6. The molecule has 0 aliphatic carbocycles. The second-order valence-corrected chi connectivity index (χ2v) is 17.8. The Labute approximate surface area is 391 Å². The van der Waals surface area contributed by atoms with Gasteiger partial charge in [-0.3, -0.25) is 15.0 Å². The maximum atomic E-state index is 9.76. The summed E-state index contributed by atoms with van der Waals surface area (Å²) in [7, 11) is 0. The molecule has 2 unspecified atom stereocenters. The molecule has 0 fully saturated rings. The van der Waals surface area contributed by atoms with Gasteiger partial charge >= 0.3 is 0 Å². The van der Waals surface area contributed by atoms with Crippen molar-refractivity contribution < 1.29 is 30.3 Å². The van der Waals surface area contributed by atoms with Crippen LogP contribution in [0.4, 0.5) is 0 Å². The first-order chi connectivity index (χ1) is 30.4. The van der Waals surface area contributed by atoms with Crippen molar-refractivity contribution in [2.45, 2.75) is 60.2 Å². The third-order valence-corrected chi connectivity index (χ3v) is 11.1. The van der Waals surface area contributed by atoms with Gasteiger partial charge in [-0.1, -0.05) is 175 Å². The van der Waals surface area contributed by atoms with Crippen LogP contribution < -0.4 is 0 Å². The third kappa shape index (κ3) is 11.7. The molecule has 3 aromatic heterocycles. The number of aliphatic hydroxyl groups is 2. The van der Waals surface area contributed by atoms with E-state index in [0.717, 1.165) is 55.6 Å². The Morgan fingerprint density at radius 1 is 0.469 bits per heavy atom. The first kappa shape index (κ1) is 47.3. The van der Waals surface area contributed by atoms with Gasteiger partial charge in [0.25, 0.3) is 0 Å². The molecule has 0 saturated heterocycles. The normalized spacial score (nSPS) is 12.2. The monoisotopic (exact) mass is 1020 g/mol. The van der Waals surface area contributed by atoms with E-state index in [1.807, 2.05) is 145 Å². The smallest absolute Gasteiger partial charge is 0.0970 e. The topological polar surface area (TPSA) is 92.0 Å². The first-order valence-corrected chi connectivity index (χ1v) is 21.5. The van der Waals surface area contributed by atoms with Crippen LogP contribution in [0.1, 0.15) is 48.0 Å². The molecule has 0 aliphatic rings. The van der Waals surface area contributed by atoms with Gasteiger partial charge in [0.1, 0.15) is 0 Å². The molecule has 0 amide bonds. The molecule has 6 aromatic carbocycles. The summed E-state index contributed by atoms with van der Waals surface area (Å²) >= 11 is 0. The molecule has 0 saturated carbocycles. The number of fused-ring (bicyclic) bond motifs is 3. The van der Waals surface area contributed by atoms with Gasteiger partial charge in [0, 0.05) is 67.1 Å². The zero-order valence-corrected chi connectivity index (χ0v) is 39.7. The Hall–Kier alpha value is -6.21. The Kier molecular flexibility index (Phi) is 15.8. The minimum absolute atomic E-state index is 0. The SMILES string of the molecule is CC(C)(C)C(O)CC(O)C(C)(C)C.[Ir].[c-]1ccccc1-c1ncc(-c2ccccc2)nc1-c1ccccc1.c1ccc(-c2ccnc3c2ccc2c(-c4ccccc4)ccnc23)cc1. The van der Waals surface area contributed by atoms with Crippen LogP contribution in [0, 0.1) is 16.9 Å². The number of rotatable bonds is 7. The predicted molar refractivity (Wildman–Crippen MR) is 261 cm³/mol. The number of hydrogen-bond donors (Lipinski definition) is 2. The van der Waals surface area contributed by atoms with E-state index in [2.05, 4.69) is 101 Å². The summed E-state index contributed by atoms with van der Waals surface area (Å²) in [6, 6.07) is 60.7. The zero-order chi connectivity index (χ0) is 44.4. The largest absolute Gasteiger partial charge is 0.392 e. The average molecular weight is 1020 g/mol. The maximum Gasteiger partial charge on any atom is 0.0970 e. The molecule has 0 spiro atoms. The van der Waals surface area contributed by atoms with Crippen molar-refractivity contribution in [2.75, 3.05) is 0 Å². The Morgan fingerprint density at radius 3 is 1.31 bits per heavy atom. The van der Waals surface area contributed by atoms with Crippen molar-refractivity contribution in [3.8, 4) is 56.0 Å². The van der Waals surface area contributed by atoms with Crippen LogP contribution in [-0.2, 0) is 20.1 Å². The van der Waals surface area contributed by atoms with Crippen LogP contribution in [0.2, 0.25) is 0 Å². The van der Waals surface area contributed by atoms with E-state index in [1.54, 1.807) is 0 Å². The molecule has 6 nitrogen and oxygen atoms in total. The number of aliphatic hydroxyl groups excluding tert-OH is 2. The summed E-state index contributed by atoms with van der Waals surface area (Å²) in [5.74, 6) is 0. The van der Waals surface area contributed by atoms with Crippen molar-refractivity contribution in [2.24, 2.45) is 10.8 Å². The van der Waals surface area contributed by atoms with Crippen molar-refractivity contribution >= 4 is 21.8 Å². The molecular weight excluding hydrogens is 965 g/mol. The summed E-state index contributed by atoms with van der Waals surface area (Å²) in [6.45, 7) is 11.9. The number of aromatic nitrogens is 4. The number of nitrogens with zero attached hydrogens (tertiary/aromatic N) is 4. The Morgan fingerprint density at radius 2 is 0.891 bits per heavy atom. The minimum Gasteiger partial charge on any atom is -0.392 e. The van der Waals surface area contributed by atoms with E-state index >= 15 is 0 Å². The molecule has 0 bridgehead atoms. The van der Waals surface area contributed by atoms with Crippen molar-refractivity contribution in [1.29, 1.82) is 0 Å². The number of benzene rings is 6. The molecule has 2 atom stereocenters. The Bertz CT molecular complexity index is 2730. The molecular formula is C57H55IrN4O2-. The molecule has 2 N–H and O–H groups in total. The average Bonchev–Trinajstić information content (AvgIpc) is 3.32. The fourth-order valence-corrected chi connectivity index (χ4v) is 7.16. The van der Waals surface area contributed by atoms with Gasteiger partial charge in [-0.15, -0.1) is 35.9 Å². The van der Waals surface area contributed by atoms with Crippen LogP contribution in [0.15, 0.2) is 188 Å². The molecule has 0 aliphatic heterocycles. The van der Waals surface area contributed by atoms with Gasteiger partial charge in [0.05, 0.1) is 34.6 Å². The molecule has 3 heterocycles. The van der Waals surface area contributed by atoms with E-state index in [0.29, 0.717) is 6.42 Å². The van der Waals surface area contributed by atoms with Crippen molar-refractivity contribution in [3.05, 3.63) is 195 Å². The third-order valence-electron chi connectivity index (χ3n) is 11.1. The second kappa shape index (κ2) is 21.4. The second-order valence-electron chi connectivity index (χ2n) is 17.8. The van der Waals surface area contributed by atoms with Crippen LogP contribution in [0.25, 0.3) is 77.8 Å². The van der Waals surface area contributed by atoms with Crippen molar-refractivity contribution in [3.63, 3.8) is 0 Å². The summed E-state index contributed by atoms with van der Waals surface area (Å²) in [4.78, 5) is 19.0. The van der Waals surface area contributed by atoms with Gasteiger partial charge in [-0.2, -0.15) is 0 Å². The quantitative estimate of drug-likeness (QED) is 0.122. The molecule has 1 radical (unpaired) electrons. The van der Waals surface area contributed by atoms with Gasteiger partial charge in [-0.05, 0) is 50.8 Å². The van der Waals surface area contributed by atoms with Gasteiger partial charge < -0.3 is 15.2 Å². The predicted octanol–water partition coefficient (Wildman–Crippen LogP) is 13.6. The van der Waals surface area contributed by atoms with Crippen LogP contribution in [-0.4, -0.2) is 42.4 Å². The minimum atomic E-state index is -0.443. The van der Waals surface area contributed by atoms with Crippen LogP contribution in [0.5, 0.6) is 0 Å². The molecule has 9 rings (SSSR count). The van der Waals surface area contributed by atoms with E-state index < -0.39 is 12.2 Å². The molecule has 7 heteroatoms.